The molecule has 0 bridgehead atoms. The normalized spacial score (nSPS) is 12.8. The van der Waals surface area contributed by atoms with Crippen LogP contribution in [-0.4, -0.2) is 41.7 Å². The van der Waals surface area contributed by atoms with E-state index in [1.807, 2.05) is 26.0 Å². The molecule has 1 unspecified atom stereocenters. The van der Waals surface area contributed by atoms with Crippen molar-refractivity contribution in [2.24, 2.45) is 0 Å². The van der Waals surface area contributed by atoms with E-state index >= 15 is 0 Å². The topological polar surface area (TPSA) is 37.4 Å². The maximum atomic E-state index is 5.77. The van der Waals surface area contributed by atoms with Crippen LogP contribution < -0.4 is 10.1 Å². The quantitative estimate of drug-likeness (QED) is 0.784. The van der Waals surface area contributed by atoms with Gasteiger partial charge in [0.25, 0.3) is 0 Å². The van der Waals surface area contributed by atoms with Crippen LogP contribution in [0.3, 0.4) is 0 Å². The number of hydrogen-bond donors (Lipinski definition) is 1. The fraction of sp³-hybridized carbons (Fsp3) is 0.667. The highest BCUT2D eigenvalue weighted by molar-refractivity contribution is 5.50. The van der Waals surface area contributed by atoms with Gasteiger partial charge in [-0.2, -0.15) is 0 Å². The van der Waals surface area contributed by atoms with Crippen LogP contribution in [-0.2, 0) is 0 Å². The summed E-state index contributed by atoms with van der Waals surface area (Å²) < 4.78 is 5.77. The molecule has 0 aromatic carbocycles. The first-order chi connectivity index (χ1) is 9.06. The van der Waals surface area contributed by atoms with Gasteiger partial charge in [-0.1, -0.05) is 13.8 Å². The Morgan fingerprint density at radius 3 is 2.53 bits per heavy atom. The second-order valence-corrected chi connectivity index (χ2v) is 5.05. The van der Waals surface area contributed by atoms with Crippen LogP contribution in [0.5, 0.6) is 5.75 Å². The lowest BCUT2D eigenvalue weighted by Crippen LogP contribution is -2.35. The van der Waals surface area contributed by atoms with Gasteiger partial charge in [-0.15, -0.1) is 0 Å². The molecule has 0 radical (unpaired) electrons. The number of anilines is 1. The van der Waals surface area contributed by atoms with Gasteiger partial charge in [0, 0.05) is 18.8 Å². The summed E-state index contributed by atoms with van der Waals surface area (Å²) in [6.45, 7) is 13.7. The molecule has 1 aromatic rings. The molecule has 0 spiro atoms. The van der Waals surface area contributed by atoms with E-state index in [0.29, 0.717) is 6.04 Å². The number of aromatic nitrogens is 1. The van der Waals surface area contributed by atoms with Gasteiger partial charge in [0.15, 0.2) is 11.6 Å². The largest absolute Gasteiger partial charge is 0.487 e. The molecule has 0 aliphatic heterocycles. The fourth-order valence-electron chi connectivity index (χ4n) is 2.00. The van der Waals surface area contributed by atoms with Crippen molar-refractivity contribution >= 4 is 5.82 Å². The van der Waals surface area contributed by atoms with E-state index in [1.165, 1.54) is 0 Å². The number of nitrogens with zero attached hydrogens (tertiary/aromatic N) is 2. The monoisotopic (exact) mass is 265 g/mol. The molecule has 4 heteroatoms. The van der Waals surface area contributed by atoms with Crippen LogP contribution >= 0.6 is 0 Å². The standard InChI is InChI=1S/C15H27N3O/c1-6-18(7-2)11-13(5)17-15-14(19-12(3)4)9-8-10-16-15/h8-10,12-13H,6-7,11H2,1-5H3,(H,16,17). The van der Waals surface area contributed by atoms with Crippen LogP contribution in [0.15, 0.2) is 18.3 Å². The molecular formula is C15H27N3O. The van der Waals surface area contributed by atoms with Crippen molar-refractivity contribution in [2.75, 3.05) is 25.0 Å². The summed E-state index contributed by atoms with van der Waals surface area (Å²) >= 11 is 0. The van der Waals surface area contributed by atoms with Gasteiger partial charge in [-0.3, -0.25) is 0 Å². The molecule has 0 aliphatic rings. The predicted molar refractivity (Wildman–Crippen MR) is 80.9 cm³/mol. The first-order valence-corrected chi connectivity index (χ1v) is 7.17. The van der Waals surface area contributed by atoms with Gasteiger partial charge < -0.3 is 15.0 Å². The smallest absolute Gasteiger partial charge is 0.169 e. The zero-order chi connectivity index (χ0) is 14.3. The summed E-state index contributed by atoms with van der Waals surface area (Å²) in [6, 6.07) is 4.20. The first kappa shape index (κ1) is 15.8. The van der Waals surface area contributed by atoms with E-state index in [4.69, 9.17) is 4.74 Å². The Bertz CT molecular complexity index is 364. The second-order valence-electron chi connectivity index (χ2n) is 5.05. The molecule has 19 heavy (non-hydrogen) atoms. The molecule has 1 atom stereocenters. The summed E-state index contributed by atoms with van der Waals surface area (Å²) in [4.78, 5) is 6.77. The predicted octanol–water partition coefficient (Wildman–Crippen LogP) is 3.01. The highest BCUT2D eigenvalue weighted by Crippen LogP contribution is 2.22. The minimum atomic E-state index is 0.155. The number of rotatable bonds is 8. The average molecular weight is 265 g/mol. The van der Waals surface area contributed by atoms with Crippen molar-refractivity contribution in [1.82, 2.24) is 9.88 Å². The summed E-state index contributed by atoms with van der Waals surface area (Å²) in [5.74, 6) is 1.65. The minimum Gasteiger partial charge on any atom is -0.487 e. The Labute approximate surface area is 117 Å². The highest BCUT2D eigenvalue weighted by atomic mass is 16.5. The molecule has 0 saturated heterocycles. The number of nitrogens with one attached hydrogen (secondary N) is 1. The number of pyridine rings is 1. The van der Waals surface area contributed by atoms with E-state index in [1.54, 1.807) is 6.20 Å². The first-order valence-electron chi connectivity index (χ1n) is 7.17. The van der Waals surface area contributed by atoms with Gasteiger partial charge in [0.2, 0.25) is 0 Å². The lowest BCUT2D eigenvalue weighted by atomic mass is 10.3. The van der Waals surface area contributed by atoms with Crippen molar-refractivity contribution in [3.63, 3.8) is 0 Å². The number of likely N-dealkylation sites (N-methyl/N-ethyl adjacent to an activating group) is 1. The Morgan fingerprint density at radius 2 is 1.95 bits per heavy atom. The zero-order valence-corrected chi connectivity index (χ0v) is 12.8. The number of hydrogen-bond acceptors (Lipinski definition) is 4. The Hall–Kier alpha value is -1.29. The fourth-order valence-corrected chi connectivity index (χ4v) is 2.00. The van der Waals surface area contributed by atoms with Gasteiger partial charge in [0.1, 0.15) is 0 Å². The van der Waals surface area contributed by atoms with Crippen molar-refractivity contribution in [3.8, 4) is 5.75 Å². The Balaban J connectivity index is 2.65. The van der Waals surface area contributed by atoms with Gasteiger partial charge in [-0.05, 0) is 46.0 Å². The van der Waals surface area contributed by atoms with Crippen LogP contribution in [0.1, 0.15) is 34.6 Å². The van der Waals surface area contributed by atoms with E-state index in [0.717, 1.165) is 31.2 Å². The zero-order valence-electron chi connectivity index (χ0n) is 12.8. The van der Waals surface area contributed by atoms with Crippen molar-refractivity contribution in [3.05, 3.63) is 18.3 Å². The van der Waals surface area contributed by atoms with Crippen LogP contribution in [0.2, 0.25) is 0 Å². The van der Waals surface area contributed by atoms with Crippen molar-refractivity contribution in [2.45, 2.75) is 46.8 Å². The number of ether oxygens (including phenoxy) is 1. The maximum Gasteiger partial charge on any atom is 0.169 e. The van der Waals surface area contributed by atoms with Crippen molar-refractivity contribution < 1.29 is 4.74 Å². The highest BCUT2D eigenvalue weighted by Gasteiger charge is 2.11. The molecule has 0 saturated carbocycles. The molecular weight excluding hydrogens is 238 g/mol. The van der Waals surface area contributed by atoms with Gasteiger partial charge in [-0.25, -0.2) is 4.98 Å². The maximum absolute atomic E-state index is 5.77. The van der Waals surface area contributed by atoms with Gasteiger partial charge >= 0.3 is 0 Å². The minimum absolute atomic E-state index is 0.155. The van der Waals surface area contributed by atoms with E-state index in [2.05, 4.69) is 36.0 Å². The lowest BCUT2D eigenvalue weighted by molar-refractivity contribution is 0.242. The lowest BCUT2D eigenvalue weighted by Gasteiger charge is -2.24. The van der Waals surface area contributed by atoms with Crippen LogP contribution in [0.25, 0.3) is 0 Å². The van der Waals surface area contributed by atoms with Crippen molar-refractivity contribution in [1.29, 1.82) is 0 Å². The van der Waals surface area contributed by atoms with E-state index in [-0.39, 0.29) is 6.10 Å². The molecule has 1 N–H and O–H groups in total. The molecule has 1 rings (SSSR count). The molecule has 0 fully saturated rings. The van der Waals surface area contributed by atoms with Crippen LogP contribution in [0, 0.1) is 0 Å². The SMILES string of the molecule is CCN(CC)CC(C)Nc1ncccc1OC(C)C. The molecule has 0 aliphatic carbocycles. The molecule has 0 amide bonds. The Morgan fingerprint density at radius 1 is 1.26 bits per heavy atom. The van der Waals surface area contributed by atoms with E-state index in [9.17, 15) is 0 Å². The summed E-state index contributed by atoms with van der Waals surface area (Å²) in [5.41, 5.74) is 0. The summed E-state index contributed by atoms with van der Waals surface area (Å²) in [6.07, 6.45) is 1.95. The molecule has 108 valence electrons. The molecule has 4 nitrogen and oxygen atoms in total. The third-order valence-electron chi connectivity index (χ3n) is 2.94. The second kappa shape index (κ2) is 8.00. The molecule has 1 aromatic heterocycles. The Kier molecular flexibility index (Phi) is 6.64. The summed E-state index contributed by atoms with van der Waals surface area (Å²) in [5, 5.41) is 3.44. The van der Waals surface area contributed by atoms with Gasteiger partial charge in [0.05, 0.1) is 6.10 Å². The molecule has 1 heterocycles. The van der Waals surface area contributed by atoms with E-state index < -0.39 is 0 Å². The average Bonchev–Trinajstić information content (AvgIpc) is 2.37. The third kappa shape index (κ3) is 5.47. The van der Waals surface area contributed by atoms with Crippen LogP contribution in [0.4, 0.5) is 5.82 Å². The summed E-state index contributed by atoms with van der Waals surface area (Å²) in [7, 11) is 0. The third-order valence-corrected chi connectivity index (χ3v) is 2.94.